The van der Waals surface area contributed by atoms with Gasteiger partial charge in [0.25, 0.3) is 0 Å². The van der Waals surface area contributed by atoms with Gasteiger partial charge >= 0.3 is 0 Å². The van der Waals surface area contributed by atoms with E-state index in [0.717, 1.165) is 34.9 Å². The van der Waals surface area contributed by atoms with Crippen molar-refractivity contribution in [2.45, 2.75) is 38.1 Å². The molecule has 3 unspecified atom stereocenters. The van der Waals surface area contributed by atoms with E-state index in [1.54, 1.807) is 13.4 Å². The van der Waals surface area contributed by atoms with Crippen LogP contribution in [-0.4, -0.2) is 25.1 Å². The summed E-state index contributed by atoms with van der Waals surface area (Å²) in [6, 6.07) is 15.7. The first-order valence-electron chi connectivity index (χ1n) is 9.55. The molecule has 2 aliphatic rings. The second-order valence-corrected chi connectivity index (χ2v) is 8.17. The quantitative estimate of drug-likeness (QED) is 0.641. The Morgan fingerprint density at radius 2 is 1.89 bits per heavy atom. The van der Waals surface area contributed by atoms with Crippen LogP contribution in [0.3, 0.4) is 0 Å². The predicted octanol–water partition coefficient (Wildman–Crippen LogP) is 5.15. The number of methoxy groups -OCH3 is 1. The molecule has 4 nitrogen and oxygen atoms in total. The van der Waals surface area contributed by atoms with E-state index in [0.29, 0.717) is 17.9 Å². The van der Waals surface area contributed by atoms with Gasteiger partial charge < -0.3 is 14.2 Å². The molecule has 1 aliphatic carbocycles. The third kappa shape index (κ3) is 4.01. The summed E-state index contributed by atoms with van der Waals surface area (Å²) in [7, 11) is 1.62. The molecule has 4 rings (SSSR count). The third-order valence-corrected chi connectivity index (χ3v) is 6.03. The Labute approximate surface area is 173 Å². The minimum absolute atomic E-state index is 0.110. The van der Waals surface area contributed by atoms with Crippen LogP contribution in [0.2, 0.25) is 0 Å². The number of ether oxygens (including phenoxy) is 3. The van der Waals surface area contributed by atoms with E-state index in [4.69, 9.17) is 14.2 Å². The van der Waals surface area contributed by atoms with Gasteiger partial charge in [-0.1, -0.05) is 46.3 Å². The summed E-state index contributed by atoms with van der Waals surface area (Å²) in [6.45, 7) is 0.575. The Morgan fingerprint density at radius 3 is 2.68 bits per heavy atom. The molecule has 28 heavy (non-hydrogen) atoms. The van der Waals surface area contributed by atoms with Crippen LogP contribution >= 0.6 is 15.9 Å². The van der Waals surface area contributed by atoms with Crippen LogP contribution in [0.5, 0.6) is 5.75 Å². The Morgan fingerprint density at radius 1 is 1.11 bits per heavy atom. The lowest BCUT2D eigenvalue weighted by Gasteiger charge is -2.37. The lowest BCUT2D eigenvalue weighted by atomic mass is 9.77. The number of fused-ring (bicyclic) bond motifs is 1. The molecule has 2 aromatic carbocycles. The summed E-state index contributed by atoms with van der Waals surface area (Å²) in [5.74, 6) is 0.722. The number of ketones is 1. The summed E-state index contributed by atoms with van der Waals surface area (Å²) >= 11 is 3.44. The van der Waals surface area contributed by atoms with Gasteiger partial charge in [-0.3, -0.25) is 4.79 Å². The molecule has 0 saturated heterocycles. The van der Waals surface area contributed by atoms with Crippen LogP contribution in [0.1, 0.15) is 30.4 Å². The van der Waals surface area contributed by atoms with Gasteiger partial charge in [-0.15, -0.1) is 0 Å². The van der Waals surface area contributed by atoms with E-state index < -0.39 is 0 Å². The summed E-state index contributed by atoms with van der Waals surface area (Å²) in [5.41, 5.74) is 2.54. The first-order valence-corrected chi connectivity index (χ1v) is 10.3. The highest BCUT2D eigenvalue weighted by atomic mass is 79.9. The number of halogens is 1. The number of carbonyl (C=O) groups excluding carboxylic acids is 1. The second kappa shape index (κ2) is 8.50. The molecule has 5 heteroatoms. The molecular formula is C23H23BrO4. The molecular weight excluding hydrogens is 420 g/mol. The molecule has 0 radical (unpaired) electrons. The largest absolute Gasteiger partial charge is 0.496 e. The fraction of sp³-hybridized carbons (Fsp3) is 0.348. The van der Waals surface area contributed by atoms with Crippen LogP contribution in [0.25, 0.3) is 5.57 Å². The number of rotatable bonds is 5. The Bertz CT molecular complexity index is 874. The molecule has 1 fully saturated rings. The van der Waals surface area contributed by atoms with Crippen molar-refractivity contribution in [2.24, 2.45) is 5.92 Å². The van der Waals surface area contributed by atoms with Gasteiger partial charge in [-0.25, -0.2) is 0 Å². The van der Waals surface area contributed by atoms with Crippen LogP contribution in [0.15, 0.2) is 59.3 Å². The summed E-state index contributed by atoms with van der Waals surface area (Å²) in [6.07, 6.45) is 3.99. The lowest BCUT2D eigenvalue weighted by Crippen LogP contribution is -2.41. The molecule has 2 aromatic rings. The van der Waals surface area contributed by atoms with E-state index in [2.05, 4.69) is 28.1 Å². The van der Waals surface area contributed by atoms with Gasteiger partial charge in [0.05, 0.1) is 37.6 Å². The van der Waals surface area contributed by atoms with Gasteiger partial charge in [0.15, 0.2) is 5.78 Å². The maximum atomic E-state index is 13.1. The predicted molar refractivity (Wildman–Crippen MR) is 111 cm³/mol. The Kier molecular flexibility index (Phi) is 5.83. The van der Waals surface area contributed by atoms with Crippen molar-refractivity contribution in [3.05, 3.63) is 70.4 Å². The zero-order valence-electron chi connectivity index (χ0n) is 15.8. The first kappa shape index (κ1) is 19.2. The highest BCUT2D eigenvalue weighted by Crippen LogP contribution is 2.39. The summed E-state index contributed by atoms with van der Waals surface area (Å²) in [5, 5.41) is 0. The average Bonchev–Trinajstić information content (AvgIpc) is 2.73. The van der Waals surface area contributed by atoms with E-state index in [-0.39, 0.29) is 23.9 Å². The molecule has 0 bridgehead atoms. The molecule has 0 aromatic heterocycles. The van der Waals surface area contributed by atoms with Gasteiger partial charge in [-0.2, -0.15) is 0 Å². The monoisotopic (exact) mass is 442 g/mol. The topological polar surface area (TPSA) is 44.8 Å². The normalized spacial score (nSPS) is 24.1. The number of hydrogen-bond donors (Lipinski definition) is 0. The SMILES string of the molecule is COc1ccccc1C1=COC2CC(OCc3ccc(Br)cc3)CCC2C1=O. The van der Waals surface area contributed by atoms with Gasteiger partial charge in [0.1, 0.15) is 11.9 Å². The van der Waals surface area contributed by atoms with Crippen molar-refractivity contribution in [3.63, 3.8) is 0 Å². The van der Waals surface area contributed by atoms with Gasteiger partial charge in [0.2, 0.25) is 0 Å². The third-order valence-electron chi connectivity index (χ3n) is 5.50. The first-order chi connectivity index (χ1) is 13.7. The van der Waals surface area contributed by atoms with E-state index in [9.17, 15) is 4.79 Å². The maximum Gasteiger partial charge on any atom is 0.173 e. The minimum atomic E-state index is -0.116. The molecule has 3 atom stereocenters. The molecule has 1 saturated carbocycles. The van der Waals surface area contributed by atoms with Crippen LogP contribution in [0.4, 0.5) is 0 Å². The van der Waals surface area contributed by atoms with Crippen LogP contribution in [-0.2, 0) is 20.9 Å². The number of para-hydroxylation sites is 1. The number of allylic oxidation sites excluding steroid dienone is 1. The second-order valence-electron chi connectivity index (χ2n) is 7.25. The van der Waals surface area contributed by atoms with Gasteiger partial charge in [-0.05, 0) is 36.6 Å². The molecule has 1 heterocycles. The Hall–Kier alpha value is -2.11. The number of benzene rings is 2. The fourth-order valence-electron chi connectivity index (χ4n) is 3.97. The number of carbonyl (C=O) groups is 1. The van der Waals surface area contributed by atoms with E-state index in [1.165, 1.54) is 0 Å². The van der Waals surface area contributed by atoms with Gasteiger partial charge in [0, 0.05) is 16.5 Å². The zero-order chi connectivity index (χ0) is 19.5. The highest BCUT2D eigenvalue weighted by Gasteiger charge is 2.41. The van der Waals surface area contributed by atoms with E-state index >= 15 is 0 Å². The summed E-state index contributed by atoms with van der Waals surface area (Å²) < 4.78 is 18.6. The maximum absolute atomic E-state index is 13.1. The number of Topliss-reactive ketones (excluding diaryl/α,β-unsaturated/α-hetero) is 1. The van der Waals surface area contributed by atoms with Crippen molar-refractivity contribution in [3.8, 4) is 5.75 Å². The molecule has 0 N–H and O–H groups in total. The van der Waals surface area contributed by atoms with E-state index in [1.807, 2.05) is 36.4 Å². The van der Waals surface area contributed by atoms with Crippen molar-refractivity contribution < 1.29 is 19.0 Å². The molecule has 0 amide bonds. The van der Waals surface area contributed by atoms with Crippen molar-refractivity contribution in [1.82, 2.24) is 0 Å². The van der Waals surface area contributed by atoms with Crippen LogP contribution < -0.4 is 4.74 Å². The Balaban J connectivity index is 1.42. The molecule has 1 aliphatic heterocycles. The summed E-state index contributed by atoms with van der Waals surface area (Å²) in [4.78, 5) is 13.1. The smallest absolute Gasteiger partial charge is 0.173 e. The highest BCUT2D eigenvalue weighted by molar-refractivity contribution is 9.10. The average molecular weight is 443 g/mol. The van der Waals surface area contributed by atoms with Crippen molar-refractivity contribution in [2.75, 3.05) is 7.11 Å². The number of hydrogen-bond acceptors (Lipinski definition) is 4. The minimum Gasteiger partial charge on any atom is -0.496 e. The molecule has 0 spiro atoms. The van der Waals surface area contributed by atoms with Crippen molar-refractivity contribution >= 4 is 27.3 Å². The fourth-order valence-corrected chi connectivity index (χ4v) is 4.23. The van der Waals surface area contributed by atoms with Crippen molar-refractivity contribution in [1.29, 1.82) is 0 Å². The molecule has 146 valence electrons. The standard InChI is InChI=1S/C23H23BrO4/c1-26-21-5-3-2-4-18(21)20-14-28-22-12-17(10-11-19(22)23(20)25)27-13-15-6-8-16(24)9-7-15/h2-9,14,17,19,22H,10-13H2,1H3. The lowest BCUT2D eigenvalue weighted by molar-refractivity contribution is -0.128. The zero-order valence-corrected chi connectivity index (χ0v) is 17.4. The van der Waals surface area contributed by atoms with Crippen LogP contribution in [0, 0.1) is 5.92 Å².